The highest BCUT2D eigenvalue weighted by Crippen LogP contribution is 2.41. The number of ether oxygens (including phenoxy) is 1. The molecule has 0 bridgehead atoms. The third kappa shape index (κ3) is 4.49. The molecule has 3 rings (SSSR count). The predicted molar refractivity (Wildman–Crippen MR) is 98.1 cm³/mol. The molecule has 0 aliphatic carbocycles. The molecule has 27 heavy (non-hydrogen) atoms. The van der Waals surface area contributed by atoms with E-state index in [0.717, 1.165) is 11.6 Å². The number of halogens is 4. The molecule has 0 spiro atoms. The van der Waals surface area contributed by atoms with E-state index in [1.807, 2.05) is 30.3 Å². The van der Waals surface area contributed by atoms with E-state index in [1.165, 1.54) is 18.2 Å². The van der Waals surface area contributed by atoms with Crippen molar-refractivity contribution >= 4 is 17.9 Å². The van der Waals surface area contributed by atoms with Crippen LogP contribution in [0.3, 0.4) is 0 Å². The first-order valence-electron chi connectivity index (χ1n) is 8.01. The smallest absolute Gasteiger partial charge is 0.417 e. The van der Waals surface area contributed by atoms with Crippen LogP contribution in [0.5, 0.6) is 5.75 Å². The van der Waals surface area contributed by atoms with Crippen LogP contribution in [0.2, 0.25) is 5.02 Å². The first-order valence-corrected chi connectivity index (χ1v) is 8.39. The molecular weight excluding hydrogens is 377 g/mol. The van der Waals surface area contributed by atoms with E-state index in [0.29, 0.717) is 18.6 Å². The molecule has 0 amide bonds. The van der Waals surface area contributed by atoms with Gasteiger partial charge >= 0.3 is 6.18 Å². The number of carbonyl (C=O) groups excluding carboxylic acids is 1. The summed E-state index contributed by atoms with van der Waals surface area (Å²) in [7, 11) is 0. The molecule has 0 heterocycles. The van der Waals surface area contributed by atoms with Crippen LogP contribution in [0.1, 0.15) is 21.5 Å². The Kier molecular flexibility index (Phi) is 5.51. The lowest BCUT2D eigenvalue weighted by Crippen LogP contribution is -2.08. The molecule has 0 aliphatic rings. The Morgan fingerprint density at radius 1 is 0.963 bits per heavy atom. The maximum Gasteiger partial charge on any atom is 0.417 e. The van der Waals surface area contributed by atoms with Gasteiger partial charge < -0.3 is 4.74 Å². The topological polar surface area (TPSA) is 26.3 Å². The van der Waals surface area contributed by atoms with Gasteiger partial charge in [0.2, 0.25) is 0 Å². The number of alkyl halides is 3. The summed E-state index contributed by atoms with van der Waals surface area (Å²) >= 11 is 6.04. The number of rotatable bonds is 5. The van der Waals surface area contributed by atoms with Crippen molar-refractivity contribution in [3.8, 4) is 16.9 Å². The first kappa shape index (κ1) is 19.0. The highest BCUT2D eigenvalue weighted by atomic mass is 35.5. The average Bonchev–Trinajstić information content (AvgIpc) is 2.66. The Hall–Kier alpha value is -2.79. The highest BCUT2D eigenvalue weighted by molar-refractivity contribution is 6.33. The largest absolute Gasteiger partial charge is 0.489 e. The second-order valence-corrected chi connectivity index (χ2v) is 6.25. The SMILES string of the molecule is O=Cc1cc(Cl)c(-c2ccc(OCc3ccccc3)cc2)c(C(F)(F)F)c1. The predicted octanol–water partition coefficient (Wildman–Crippen LogP) is 6.42. The van der Waals surface area contributed by atoms with Gasteiger partial charge in [-0.05, 0) is 35.4 Å². The molecule has 0 aromatic heterocycles. The summed E-state index contributed by atoms with van der Waals surface area (Å²) in [6.07, 6.45) is -4.30. The third-order valence-corrected chi connectivity index (χ3v) is 4.24. The zero-order chi connectivity index (χ0) is 19.4. The van der Waals surface area contributed by atoms with Gasteiger partial charge in [-0.25, -0.2) is 0 Å². The average molecular weight is 391 g/mol. The number of aldehydes is 1. The second-order valence-electron chi connectivity index (χ2n) is 5.84. The van der Waals surface area contributed by atoms with E-state index in [-0.39, 0.29) is 21.7 Å². The molecule has 2 nitrogen and oxygen atoms in total. The molecular formula is C21H14ClF3O2. The quantitative estimate of drug-likeness (QED) is 0.470. The summed E-state index contributed by atoms with van der Waals surface area (Å²) in [4.78, 5) is 10.9. The molecule has 3 aromatic carbocycles. The van der Waals surface area contributed by atoms with Crippen LogP contribution in [0.15, 0.2) is 66.7 Å². The Bertz CT molecular complexity index is 936. The Balaban J connectivity index is 1.90. The number of hydrogen-bond acceptors (Lipinski definition) is 2. The fraction of sp³-hybridized carbons (Fsp3) is 0.0952. The molecule has 0 unspecified atom stereocenters. The van der Waals surface area contributed by atoms with Gasteiger partial charge in [0.05, 0.1) is 5.56 Å². The fourth-order valence-corrected chi connectivity index (χ4v) is 3.01. The zero-order valence-electron chi connectivity index (χ0n) is 14.0. The lowest BCUT2D eigenvalue weighted by atomic mass is 9.97. The summed E-state index contributed by atoms with van der Waals surface area (Å²) in [6.45, 7) is 0.350. The molecule has 0 saturated heterocycles. The van der Waals surface area contributed by atoms with Gasteiger partial charge in [0, 0.05) is 16.1 Å². The molecule has 0 saturated carbocycles. The van der Waals surface area contributed by atoms with E-state index in [4.69, 9.17) is 16.3 Å². The molecule has 3 aromatic rings. The van der Waals surface area contributed by atoms with Crippen LogP contribution in [-0.4, -0.2) is 6.29 Å². The first-order chi connectivity index (χ1) is 12.9. The maximum absolute atomic E-state index is 13.4. The number of benzene rings is 3. The molecule has 6 heteroatoms. The van der Waals surface area contributed by atoms with Gasteiger partial charge in [0.15, 0.2) is 0 Å². The summed E-state index contributed by atoms with van der Waals surface area (Å²) in [5, 5.41) is -0.134. The van der Waals surface area contributed by atoms with Gasteiger partial charge in [-0.3, -0.25) is 4.79 Å². The molecule has 0 aliphatic heterocycles. The summed E-state index contributed by atoms with van der Waals surface area (Å²) in [5.41, 5.74) is 0.0311. The van der Waals surface area contributed by atoms with Crippen LogP contribution in [-0.2, 0) is 12.8 Å². The van der Waals surface area contributed by atoms with Crippen LogP contribution >= 0.6 is 11.6 Å². The van der Waals surface area contributed by atoms with E-state index in [9.17, 15) is 18.0 Å². The van der Waals surface area contributed by atoms with Gasteiger partial charge in [-0.2, -0.15) is 13.2 Å². The van der Waals surface area contributed by atoms with Crippen molar-refractivity contribution in [3.63, 3.8) is 0 Å². The standard InChI is InChI=1S/C21H14ClF3O2/c22-19-11-15(12-26)10-18(21(23,24)25)20(19)16-6-8-17(9-7-16)27-13-14-4-2-1-3-5-14/h1-12H,13H2. The Morgan fingerprint density at radius 3 is 2.22 bits per heavy atom. The third-order valence-electron chi connectivity index (χ3n) is 3.95. The zero-order valence-corrected chi connectivity index (χ0v) is 14.7. The van der Waals surface area contributed by atoms with Crippen LogP contribution in [0.4, 0.5) is 13.2 Å². The van der Waals surface area contributed by atoms with Crippen molar-refractivity contribution < 1.29 is 22.7 Å². The summed E-state index contributed by atoms with van der Waals surface area (Å²) < 4.78 is 45.9. The van der Waals surface area contributed by atoms with Crippen LogP contribution in [0, 0.1) is 0 Å². The van der Waals surface area contributed by atoms with E-state index < -0.39 is 11.7 Å². The second kappa shape index (κ2) is 7.84. The highest BCUT2D eigenvalue weighted by Gasteiger charge is 2.35. The molecule has 0 radical (unpaired) electrons. The van der Waals surface area contributed by atoms with Gasteiger partial charge in [0.1, 0.15) is 18.6 Å². The Morgan fingerprint density at radius 2 is 1.63 bits per heavy atom. The Labute approximate surface area is 159 Å². The minimum absolute atomic E-state index is 0.126. The number of hydrogen-bond donors (Lipinski definition) is 0. The van der Waals surface area contributed by atoms with Crippen molar-refractivity contribution in [2.75, 3.05) is 0 Å². The molecule has 0 fully saturated rings. The lowest BCUT2D eigenvalue weighted by molar-refractivity contribution is -0.137. The van der Waals surface area contributed by atoms with E-state index in [2.05, 4.69) is 0 Å². The normalized spacial score (nSPS) is 11.3. The van der Waals surface area contributed by atoms with Crippen LogP contribution < -0.4 is 4.74 Å². The maximum atomic E-state index is 13.4. The molecule has 138 valence electrons. The van der Waals surface area contributed by atoms with Crippen molar-refractivity contribution in [1.29, 1.82) is 0 Å². The minimum atomic E-state index is -4.64. The minimum Gasteiger partial charge on any atom is -0.489 e. The molecule has 0 N–H and O–H groups in total. The summed E-state index contributed by atoms with van der Waals surface area (Å²) in [5.74, 6) is 0.525. The van der Waals surface area contributed by atoms with E-state index in [1.54, 1.807) is 12.1 Å². The molecule has 0 atom stereocenters. The van der Waals surface area contributed by atoms with Crippen LogP contribution in [0.25, 0.3) is 11.1 Å². The lowest BCUT2D eigenvalue weighted by Gasteiger charge is -2.16. The van der Waals surface area contributed by atoms with Crippen molar-refractivity contribution in [2.45, 2.75) is 12.8 Å². The van der Waals surface area contributed by atoms with Crippen molar-refractivity contribution in [2.24, 2.45) is 0 Å². The fourth-order valence-electron chi connectivity index (χ4n) is 2.67. The van der Waals surface area contributed by atoms with Gasteiger partial charge in [-0.1, -0.05) is 54.1 Å². The van der Waals surface area contributed by atoms with E-state index >= 15 is 0 Å². The van der Waals surface area contributed by atoms with Crippen molar-refractivity contribution in [1.82, 2.24) is 0 Å². The summed E-state index contributed by atoms with van der Waals surface area (Å²) in [6, 6.07) is 17.7. The monoisotopic (exact) mass is 390 g/mol. The van der Waals surface area contributed by atoms with Crippen molar-refractivity contribution in [3.05, 3.63) is 88.4 Å². The van der Waals surface area contributed by atoms with Gasteiger partial charge in [0.25, 0.3) is 0 Å². The van der Waals surface area contributed by atoms with Gasteiger partial charge in [-0.15, -0.1) is 0 Å². The number of carbonyl (C=O) groups is 1.